The van der Waals surface area contributed by atoms with E-state index in [0.29, 0.717) is 5.89 Å². The first-order valence-corrected chi connectivity index (χ1v) is 4.15. The molecular weight excluding hydrogens is 186 g/mol. The molecule has 2 atom stereocenters. The molecule has 0 radical (unpaired) electrons. The van der Waals surface area contributed by atoms with Crippen LogP contribution in [0.2, 0.25) is 0 Å². The molecule has 0 aromatic carbocycles. The molecule has 0 aliphatic rings. The molecule has 1 aromatic rings. The number of amides is 1. The zero-order chi connectivity index (χ0) is 10.7. The third kappa shape index (κ3) is 2.43. The van der Waals surface area contributed by atoms with Gasteiger partial charge in [0.2, 0.25) is 11.8 Å². The summed E-state index contributed by atoms with van der Waals surface area (Å²) >= 11 is 0. The molecule has 1 rings (SSSR count). The molecule has 5 N–H and O–H groups in total. The SMILES string of the molecule is CC(Nc1nnc(C(C)N)o1)C(N)=O. The summed E-state index contributed by atoms with van der Waals surface area (Å²) in [6.07, 6.45) is 0. The lowest BCUT2D eigenvalue weighted by atomic mass is 10.3. The zero-order valence-corrected chi connectivity index (χ0v) is 8.02. The van der Waals surface area contributed by atoms with Crippen LogP contribution in [0.1, 0.15) is 25.8 Å². The Bertz CT molecular complexity index is 322. The molecule has 7 nitrogen and oxygen atoms in total. The molecular formula is C7H13N5O2. The van der Waals surface area contributed by atoms with E-state index in [1.54, 1.807) is 13.8 Å². The highest BCUT2D eigenvalue weighted by atomic mass is 16.4. The molecule has 1 aromatic heterocycles. The average molecular weight is 199 g/mol. The molecule has 0 spiro atoms. The van der Waals surface area contributed by atoms with E-state index >= 15 is 0 Å². The van der Waals surface area contributed by atoms with Crippen molar-refractivity contribution in [2.45, 2.75) is 25.9 Å². The van der Waals surface area contributed by atoms with Crippen LogP contribution in [0.25, 0.3) is 0 Å². The minimum Gasteiger partial charge on any atom is -0.406 e. The van der Waals surface area contributed by atoms with E-state index in [2.05, 4.69) is 15.5 Å². The minimum absolute atomic E-state index is 0.142. The molecule has 14 heavy (non-hydrogen) atoms. The van der Waals surface area contributed by atoms with Crippen molar-refractivity contribution in [3.05, 3.63) is 5.89 Å². The number of hydrogen-bond donors (Lipinski definition) is 3. The number of carbonyl (C=O) groups excluding carboxylic acids is 1. The highest BCUT2D eigenvalue weighted by Crippen LogP contribution is 2.11. The van der Waals surface area contributed by atoms with Gasteiger partial charge in [-0.2, -0.15) is 0 Å². The van der Waals surface area contributed by atoms with Crippen molar-refractivity contribution in [3.8, 4) is 0 Å². The Morgan fingerprint density at radius 2 is 2.14 bits per heavy atom. The second kappa shape index (κ2) is 4.05. The van der Waals surface area contributed by atoms with E-state index in [4.69, 9.17) is 15.9 Å². The number of carbonyl (C=O) groups is 1. The quantitative estimate of drug-likeness (QED) is 0.594. The first-order valence-electron chi connectivity index (χ1n) is 4.15. The fraction of sp³-hybridized carbons (Fsp3) is 0.571. The molecule has 0 saturated heterocycles. The molecule has 2 unspecified atom stereocenters. The third-order valence-electron chi connectivity index (χ3n) is 1.60. The van der Waals surface area contributed by atoms with Gasteiger partial charge in [-0.3, -0.25) is 4.79 Å². The minimum atomic E-state index is -0.559. The zero-order valence-electron chi connectivity index (χ0n) is 8.02. The Morgan fingerprint density at radius 3 is 2.57 bits per heavy atom. The number of nitrogens with one attached hydrogen (secondary N) is 1. The van der Waals surface area contributed by atoms with Gasteiger partial charge in [-0.05, 0) is 13.8 Å². The topological polar surface area (TPSA) is 120 Å². The van der Waals surface area contributed by atoms with Crippen LogP contribution in [-0.4, -0.2) is 22.1 Å². The van der Waals surface area contributed by atoms with Crippen LogP contribution in [0.3, 0.4) is 0 Å². The van der Waals surface area contributed by atoms with E-state index in [1.807, 2.05) is 0 Å². The Labute approximate surface area is 80.8 Å². The standard InChI is InChI=1S/C7H13N5O2/c1-3(8)6-11-12-7(14-6)10-4(2)5(9)13/h3-4H,8H2,1-2H3,(H2,9,13)(H,10,12). The number of nitrogens with zero attached hydrogens (tertiary/aromatic N) is 2. The van der Waals surface area contributed by atoms with Crippen molar-refractivity contribution in [2.75, 3.05) is 5.32 Å². The van der Waals surface area contributed by atoms with Crippen LogP contribution >= 0.6 is 0 Å². The van der Waals surface area contributed by atoms with Gasteiger partial charge >= 0.3 is 6.01 Å². The fourth-order valence-corrected chi connectivity index (χ4v) is 0.733. The smallest absolute Gasteiger partial charge is 0.316 e. The Morgan fingerprint density at radius 1 is 1.50 bits per heavy atom. The van der Waals surface area contributed by atoms with Gasteiger partial charge < -0.3 is 21.2 Å². The monoisotopic (exact) mass is 199 g/mol. The molecule has 0 saturated carbocycles. The second-order valence-electron chi connectivity index (χ2n) is 3.00. The maximum absolute atomic E-state index is 10.7. The van der Waals surface area contributed by atoms with Crippen LogP contribution in [0.15, 0.2) is 4.42 Å². The predicted molar refractivity (Wildman–Crippen MR) is 49.2 cm³/mol. The van der Waals surface area contributed by atoms with Crippen LogP contribution in [-0.2, 0) is 4.79 Å². The molecule has 78 valence electrons. The predicted octanol–water partition coefficient (Wildman–Crippen LogP) is -0.625. The third-order valence-corrected chi connectivity index (χ3v) is 1.60. The number of hydrogen-bond acceptors (Lipinski definition) is 6. The summed E-state index contributed by atoms with van der Waals surface area (Å²) in [6.45, 7) is 3.31. The Balaban J connectivity index is 2.64. The van der Waals surface area contributed by atoms with E-state index in [1.165, 1.54) is 0 Å². The number of primary amides is 1. The van der Waals surface area contributed by atoms with E-state index in [0.717, 1.165) is 0 Å². The van der Waals surface area contributed by atoms with E-state index in [-0.39, 0.29) is 12.1 Å². The molecule has 1 heterocycles. The van der Waals surface area contributed by atoms with Crippen LogP contribution < -0.4 is 16.8 Å². The van der Waals surface area contributed by atoms with E-state index < -0.39 is 11.9 Å². The number of rotatable bonds is 4. The highest BCUT2D eigenvalue weighted by Gasteiger charge is 2.14. The van der Waals surface area contributed by atoms with Crippen molar-refractivity contribution in [3.63, 3.8) is 0 Å². The van der Waals surface area contributed by atoms with Gasteiger partial charge in [0.05, 0.1) is 6.04 Å². The molecule has 0 fully saturated rings. The van der Waals surface area contributed by atoms with Gasteiger partial charge in [-0.25, -0.2) is 0 Å². The maximum atomic E-state index is 10.7. The van der Waals surface area contributed by atoms with Crippen molar-refractivity contribution in [1.29, 1.82) is 0 Å². The molecule has 7 heteroatoms. The lowest BCUT2D eigenvalue weighted by Gasteiger charge is -2.05. The van der Waals surface area contributed by atoms with Gasteiger partial charge in [-0.1, -0.05) is 5.10 Å². The van der Waals surface area contributed by atoms with Gasteiger partial charge in [0.1, 0.15) is 6.04 Å². The van der Waals surface area contributed by atoms with Gasteiger partial charge in [0.15, 0.2) is 0 Å². The summed E-state index contributed by atoms with van der Waals surface area (Å²) in [6, 6.07) is -0.748. The first-order chi connectivity index (χ1) is 6.50. The lowest BCUT2D eigenvalue weighted by Crippen LogP contribution is -2.32. The van der Waals surface area contributed by atoms with Crippen molar-refractivity contribution in [2.24, 2.45) is 11.5 Å². The van der Waals surface area contributed by atoms with Crippen molar-refractivity contribution >= 4 is 11.9 Å². The van der Waals surface area contributed by atoms with Crippen LogP contribution in [0.4, 0.5) is 6.01 Å². The molecule has 1 amide bonds. The summed E-state index contributed by atoms with van der Waals surface area (Å²) < 4.78 is 5.10. The summed E-state index contributed by atoms with van der Waals surface area (Å²) in [5, 5.41) is 9.96. The number of nitrogens with two attached hydrogens (primary N) is 2. The van der Waals surface area contributed by atoms with Crippen LogP contribution in [0, 0.1) is 0 Å². The first kappa shape index (κ1) is 10.5. The molecule has 0 aliphatic heterocycles. The van der Waals surface area contributed by atoms with Crippen molar-refractivity contribution < 1.29 is 9.21 Å². The normalized spacial score (nSPS) is 14.8. The lowest BCUT2D eigenvalue weighted by molar-refractivity contribution is -0.118. The largest absolute Gasteiger partial charge is 0.406 e. The van der Waals surface area contributed by atoms with Gasteiger partial charge in [0, 0.05) is 0 Å². The average Bonchev–Trinajstić information content (AvgIpc) is 2.52. The maximum Gasteiger partial charge on any atom is 0.316 e. The van der Waals surface area contributed by atoms with Crippen molar-refractivity contribution in [1.82, 2.24) is 10.2 Å². The Kier molecular flexibility index (Phi) is 3.03. The fourth-order valence-electron chi connectivity index (χ4n) is 0.733. The summed E-state index contributed by atoms with van der Waals surface area (Å²) in [5.74, 6) is -0.185. The molecule has 0 aliphatic carbocycles. The van der Waals surface area contributed by atoms with Gasteiger partial charge in [-0.15, -0.1) is 5.10 Å². The summed E-state index contributed by atoms with van der Waals surface area (Å²) in [4.78, 5) is 10.7. The second-order valence-corrected chi connectivity index (χ2v) is 3.00. The Hall–Kier alpha value is -1.63. The number of anilines is 1. The number of aromatic nitrogens is 2. The van der Waals surface area contributed by atoms with E-state index in [9.17, 15) is 4.79 Å². The highest BCUT2D eigenvalue weighted by molar-refractivity contribution is 5.81. The van der Waals surface area contributed by atoms with Gasteiger partial charge in [0.25, 0.3) is 0 Å². The summed E-state index contributed by atoms with van der Waals surface area (Å²) in [7, 11) is 0. The summed E-state index contributed by atoms with van der Waals surface area (Å²) in [5.41, 5.74) is 10.5. The van der Waals surface area contributed by atoms with Crippen LogP contribution in [0.5, 0.6) is 0 Å². The molecule has 0 bridgehead atoms.